The Hall–Kier alpha value is -2.47. The molecule has 0 aliphatic heterocycles. The first-order chi connectivity index (χ1) is 9.90. The van der Waals surface area contributed by atoms with Crippen LogP contribution in [0.1, 0.15) is 20.7 Å². The lowest BCUT2D eigenvalue weighted by molar-refractivity contribution is 0.0692. The fourth-order valence-corrected chi connectivity index (χ4v) is 1.92. The molecule has 1 amide bonds. The average Bonchev–Trinajstić information content (AvgIpc) is 2.37. The van der Waals surface area contributed by atoms with E-state index in [0.29, 0.717) is 0 Å². The van der Waals surface area contributed by atoms with E-state index >= 15 is 0 Å². The molecule has 0 saturated carbocycles. The van der Waals surface area contributed by atoms with Crippen LogP contribution in [0.3, 0.4) is 0 Å². The lowest BCUT2D eigenvalue weighted by Gasteiger charge is -2.08. The molecule has 108 valence electrons. The second-order valence-corrected chi connectivity index (χ2v) is 4.46. The third kappa shape index (κ3) is 3.17. The van der Waals surface area contributed by atoms with Gasteiger partial charge in [0.25, 0.3) is 5.91 Å². The number of nitrogens with one attached hydrogen (secondary N) is 1. The Labute approximate surface area is 123 Å². The molecular weight excluding hydrogens is 304 g/mol. The van der Waals surface area contributed by atoms with Gasteiger partial charge in [-0.05, 0) is 30.3 Å². The van der Waals surface area contributed by atoms with E-state index in [-0.39, 0.29) is 16.3 Å². The Bertz CT molecular complexity index is 714. The van der Waals surface area contributed by atoms with Crippen LogP contribution < -0.4 is 5.32 Å². The number of carbonyl (C=O) groups excluding carboxylic acids is 1. The minimum Gasteiger partial charge on any atom is -0.478 e. The normalized spacial score (nSPS) is 10.2. The Morgan fingerprint density at radius 2 is 1.81 bits per heavy atom. The van der Waals surface area contributed by atoms with E-state index in [9.17, 15) is 18.4 Å². The standard InChI is InChI=1S/C14H8ClF2NO3/c15-9-2-1-3-10(16)12(9)13(19)18-7-4-5-8(14(20)21)11(17)6-7/h1-6H,(H,18,19)(H,20,21). The first-order valence-corrected chi connectivity index (χ1v) is 6.06. The van der Waals surface area contributed by atoms with Gasteiger partial charge in [0, 0.05) is 5.69 Å². The van der Waals surface area contributed by atoms with Crippen molar-refractivity contribution in [2.24, 2.45) is 0 Å². The minimum atomic E-state index is -1.43. The zero-order valence-electron chi connectivity index (χ0n) is 10.4. The number of hydrogen-bond acceptors (Lipinski definition) is 2. The fourth-order valence-electron chi connectivity index (χ4n) is 1.67. The van der Waals surface area contributed by atoms with Gasteiger partial charge in [0.2, 0.25) is 0 Å². The third-order valence-electron chi connectivity index (χ3n) is 2.65. The molecule has 0 unspecified atom stereocenters. The highest BCUT2D eigenvalue weighted by Crippen LogP contribution is 2.21. The van der Waals surface area contributed by atoms with Crippen molar-refractivity contribution in [1.82, 2.24) is 0 Å². The van der Waals surface area contributed by atoms with Gasteiger partial charge in [0.15, 0.2) is 0 Å². The SMILES string of the molecule is O=C(O)c1ccc(NC(=O)c2c(F)cccc2Cl)cc1F. The number of rotatable bonds is 3. The molecule has 4 nitrogen and oxygen atoms in total. The smallest absolute Gasteiger partial charge is 0.338 e. The lowest BCUT2D eigenvalue weighted by Crippen LogP contribution is -2.15. The summed E-state index contributed by atoms with van der Waals surface area (Å²) in [4.78, 5) is 22.6. The van der Waals surface area contributed by atoms with Gasteiger partial charge in [-0.3, -0.25) is 4.79 Å². The largest absolute Gasteiger partial charge is 0.478 e. The quantitative estimate of drug-likeness (QED) is 0.910. The number of amides is 1. The van der Waals surface area contributed by atoms with Crippen LogP contribution in [0.5, 0.6) is 0 Å². The van der Waals surface area contributed by atoms with E-state index in [2.05, 4.69) is 5.32 Å². The maximum Gasteiger partial charge on any atom is 0.338 e. The molecule has 0 radical (unpaired) electrons. The molecule has 7 heteroatoms. The highest BCUT2D eigenvalue weighted by Gasteiger charge is 2.17. The van der Waals surface area contributed by atoms with Gasteiger partial charge >= 0.3 is 5.97 Å². The summed E-state index contributed by atoms with van der Waals surface area (Å²) in [7, 11) is 0. The molecule has 0 bridgehead atoms. The molecule has 0 aromatic heterocycles. The molecule has 2 aromatic carbocycles. The van der Waals surface area contributed by atoms with E-state index in [1.54, 1.807) is 0 Å². The van der Waals surface area contributed by atoms with E-state index < -0.39 is 29.1 Å². The molecular formula is C14H8ClF2NO3. The molecule has 0 fully saturated rings. The molecule has 21 heavy (non-hydrogen) atoms. The number of carbonyl (C=O) groups is 2. The van der Waals surface area contributed by atoms with Gasteiger partial charge in [-0.1, -0.05) is 17.7 Å². The Morgan fingerprint density at radius 1 is 1.10 bits per heavy atom. The van der Waals surface area contributed by atoms with E-state index in [4.69, 9.17) is 16.7 Å². The van der Waals surface area contributed by atoms with Crippen molar-refractivity contribution in [2.75, 3.05) is 5.32 Å². The van der Waals surface area contributed by atoms with Gasteiger partial charge in [-0.15, -0.1) is 0 Å². The number of hydrogen-bond donors (Lipinski definition) is 2. The van der Waals surface area contributed by atoms with Crippen molar-refractivity contribution in [3.63, 3.8) is 0 Å². The van der Waals surface area contributed by atoms with Crippen molar-refractivity contribution < 1.29 is 23.5 Å². The monoisotopic (exact) mass is 311 g/mol. The van der Waals surface area contributed by atoms with Crippen LogP contribution >= 0.6 is 11.6 Å². The molecule has 0 spiro atoms. The van der Waals surface area contributed by atoms with E-state index in [1.807, 2.05) is 0 Å². The number of aromatic carboxylic acids is 1. The van der Waals surface area contributed by atoms with Crippen molar-refractivity contribution in [1.29, 1.82) is 0 Å². The summed E-state index contributed by atoms with van der Waals surface area (Å²) in [6.45, 7) is 0. The highest BCUT2D eigenvalue weighted by atomic mass is 35.5. The predicted octanol–water partition coefficient (Wildman–Crippen LogP) is 3.57. The number of carboxylic acid groups (broad SMARTS) is 1. The average molecular weight is 312 g/mol. The summed E-state index contributed by atoms with van der Waals surface area (Å²) >= 11 is 5.74. The fraction of sp³-hybridized carbons (Fsp3) is 0. The maximum atomic E-state index is 13.6. The first-order valence-electron chi connectivity index (χ1n) is 5.68. The zero-order chi connectivity index (χ0) is 15.6. The number of carboxylic acids is 1. The Kier molecular flexibility index (Phi) is 4.18. The van der Waals surface area contributed by atoms with Crippen molar-refractivity contribution >= 4 is 29.2 Å². The highest BCUT2D eigenvalue weighted by molar-refractivity contribution is 6.34. The number of benzene rings is 2. The molecule has 0 aliphatic rings. The van der Waals surface area contributed by atoms with Gasteiger partial charge in [-0.25, -0.2) is 13.6 Å². The lowest BCUT2D eigenvalue weighted by atomic mass is 10.1. The van der Waals surface area contributed by atoms with Crippen LogP contribution in [0.4, 0.5) is 14.5 Å². The summed E-state index contributed by atoms with van der Waals surface area (Å²) < 4.78 is 27.0. The molecule has 0 heterocycles. The molecule has 0 aliphatic carbocycles. The van der Waals surface area contributed by atoms with Gasteiger partial charge in [0.1, 0.15) is 11.6 Å². The summed E-state index contributed by atoms with van der Waals surface area (Å²) in [5, 5.41) is 10.9. The van der Waals surface area contributed by atoms with E-state index in [0.717, 1.165) is 18.2 Å². The Balaban J connectivity index is 2.28. The molecule has 2 rings (SSSR count). The second kappa shape index (κ2) is 5.88. The van der Waals surface area contributed by atoms with Crippen LogP contribution in [0.2, 0.25) is 5.02 Å². The van der Waals surface area contributed by atoms with Crippen molar-refractivity contribution in [2.45, 2.75) is 0 Å². The number of halogens is 3. The first kappa shape index (κ1) is 14.9. The number of anilines is 1. The Morgan fingerprint density at radius 3 is 2.38 bits per heavy atom. The van der Waals surface area contributed by atoms with Crippen molar-refractivity contribution in [3.8, 4) is 0 Å². The molecule has 0 atom stereocenters. The van der Waals surface area contributed by atoms with E-state index in [1.165, 1.54) is 18.2 Å². The van der Waals surface area contributed by atoms with Crippen LogP contribution in [0.25, 0.3) is 0 Å². The molecule has 0 saturated heterocycles. The van der Waals surface area contributed by atoms with Crippen LogP contribution in [0.15, 0.2) is 36.4 Å². The maximum absolute atomic E-state index is 13.6. The summed E-state index contributed by atoms with van der Waals surface area (Å²) in [5.74, 6) is -4.12. The predicted molar refractivity (Wildman–Crippen MR) is 72.7 cm³/mol. The molecule has 2 N–H and O–H groups in total. The summed E-state index contributed by atoms with van der Waals surface area (Å²) in [6.07, 6.45) is 0. The second-order valence-electron chi connectivity index (χ2n) is 4.05. The van der Waals surface area contributed by atoms with Gasteiger partial charge < -0.3 is 10.4 Å². The topological polar surface area (TPSA) is 66.4 Å². The summed E-state index contributed by atoms with van der Waals surface area (Å²) in [6, 6.07) is 6.77. The van der Waals surface area contributed by atoms with Crippen molar-refractivity contribution in [3.05, 3.63) is 64.2 Å². The van der Waals surface area contributed by atoms with Crippen LogP contribution in [-0.4, -0.2) is 17.0 Å². The van der Waals surface area contributed by atoms with Crippen LogP contribution in [0, 0.1) is 11.6 Å². The van der Waals surface area contributed by atoms with Gasteiger partial charge in [0.05, 0.1) is 16.1 Å². The zero-order valence-corrected chi connectivity index (χ0v) is 11.1. The summed E-state index contributed by atoms with van der Waals surface area (Å²) in [5.41, 5.74) is -0.916. The van der Waals surface area contributed by atoms with Crippen LogP contribution in [-0.2, 0) is 0 Å². The van der Waals surface area contributed by atoms with Gasteiger partial charge in [-0.2, -0.15) is 0 Å². The third-order valence-corrected chi connectivity index (χ3v) is 2.96. The minimum absolute atomic E-state index is 0.0122. The molecule has 2 aromatic rings.